The fourth-order valence-electron chi connectivity index (χ4n) is 1.50. The summed E-state index contributed by atoms with van der Waals surface area (Å²) in [5.74, 6) is 0.443. The SMILES string of the molecule is CCCNC(=O)CNCC(O)COc1ccc(Cl)c(Cl)c1. The molecule has 0 radical (unpaired) electrons. The zero-order chi connectivity index (χ0) is 15.7. The summed E-state index contributed by atoms with van der Waals surface area (Å²) < 4.78 is 5.39. The zero-order valence-electron chi connectivity index (χ0n) is 11.9. The molecule has 1 unspecified atom stereocenters. The molecule has 5 nitrogen and oxygen atoms in total. The van der Waals surface area contributed by atoms with Crippen LogP contribution in [0.3, 0.4) is 0 Å². The molecule has 0 aliphatic rings. The van der Waals surface area contributed by atoms with Gasteiger partial charge in [0.05, 0.1) is 16.6 Å². The molecule has 1 atom stereocenters. The molecule has 1 amide bonds. The van der Waals surface area contributed by atoms with Crippen LogP contribution in [0.25, 0.3) is 0 Å². The molecule has 1 aromatic carbocycles. The van der Waals surface area contributed by atoms with Gasteiger partial charge in [0.15, 0.2) is 0 Å². The van der Waals surface area contributed by atoms with Crippen molar-refractivity contribution in [3.63, 3.8) is 0 Å². The van der Waals surface area contributed by atoms with Crippen molar-refractivity contribution in [2.24, 2.45) is 0 Å². The number of aliphatic hydroxyl groups is 1. The lowest BCUT2D eigenvalue weighted by Crippen LogP contribution is -2.39. The fourth-order valence-corrected chi connectivity index (χ4v) is 1.79. The zero-order valence-corrected chi connectivity index (χ0v) is 13.4. The van der Waals surface area contributed by atoms with Gasteiger partial charge in [0.2, 0.25) is 5.91 Å². The number of hydrogen-bond acceptors (Lipinski definition) is 4. The predicted octanol–water partition coefficient (Wildman–Crippen LogP) is 1.85. The summed E-state index contributed by atoms with van der Waals surface area (Å²) in [5, 5.41) is 16.2. The van der Waals surface area contributed by atoms with Crippen LogP contribution in [-0.2, 0) is 4.79 Å². The minimum atomic E-state index is -0.724. The van der Waals surface area contributed by atoms with Crippen molar-refractivity contribution in [2.45, 2.75) is 19.4 Å². The van der Waals surface area contributed by atoms with Crippen LogP contribution in [0, 0.1) is 0 Å². The highest BCUT2D eigenvalue weighted by atomic mass is 35.5. The third-order valence-corrected chi connectivity index (χ3v) is 3.31. The first-order valence-corrected chi connectivity index (χ1v) is 7.51. The van der Waals surface area contributed by atoms with E-state index in [-0.39, 0.29) is 25.6 Å². The molecule has 0 bridgehead atoms. The summed E-state index contributed by atoms with van der Waals surface area (Å²) in [6, 6.07) is 4.89. The van der Waals surface area contributed by atoms with Gasteiger partial charge in [-0.25, -0.2) is 0 Å². The Morgan fingerprint density at radius 1 is 1.38 bits per heavy atom. The highest BCUT2D eigenvalue weighted by Crippen LogP contribution is 2.26. The number of benzene rings is 1. The molecule has 0 aromatic heterocycles. The molecule has 3 N–H and O–H groups in total. The van der Waals surface area contributed by atoms with Crippen LogP contribution in [-0.4, -0.2) is 43.4 Å². The number of aliphatic hydroxyl groups excluding tert-OH is 1. The number of carbonyl (C=O) groups excluding carboxylic acids is 1. The van der Waals surface area contributed by atoms with Gasteiger partial charge < -0.3 is 20.5 Å². The van der Waals surface area contributed by atoms with Crippen molar-refractivity contribution in [1.29, 1.82) is 0 Å². The molecule has 0 spiro atoms. The molecule has 21 heavy (non-hydrogen) atoms. The Morgan fingerprint density at radius 2 is 2.14 bits per heavy atom. The smallest absolute Gasteiger partial charge is 0.233 e. The minimum Gasteiger partial charge on any atom is -0.491 e. The van der Waals surface area contributed by atoms with Crippen LogP contribution in [0.2, 0.25) is 10.0 Å². The van der Waals surface area contributed by atoms with Crippen LogP contribution in [0.1, 0.15) is 13.3 Å². The monoisotopic (exact) mass is 334 g/mol. The van der Waals surface area contributed by atoms with E-state index in [1.54, 1.807) is 18.2 Å². The normalized spacial score (nSPS) is 12.0. The standard InChI is InChI=1S/C14H20Cl2N2O3/c1-2-5-18-14(20)8-17-7-10(19)9-21-11-3-4-12(15)13(16)6-11/h3-4,6,10,17,19H,2,5,7-9H2,1H3,(H,18,20). The summed E-state index contributed by atoms with van der Waals surface area (Å²) >= 11 is 11.7. The number of hydrogen-bond donors (Lipinski definition) is 3. The van der Waals surface area contributed by atoms with Gasteiger partial charge in [-0.05, 0) is 18.6 Å². The summed E-state index contributed by atoms with van der Waals surface area (Å²) in [4.78, 5) is 11.3. The van der Waals surface area contributed by atoms with Gasteiger partial charge in [-0.15, -0.1) is 0 Å². The number of carbonyl (C=O) groups is 1. The molecule has 0 heterocycles. The molecular formula is C14H20Cl2N2O3. The van der Waals surface area contributed by atoms with E-state index in [0.29, 0.717) is 22.3 Å². The second kappa shape index (κ2) is 9.84. The third-order valence-electron chi connectivity index (χ3n) is 2.57. The lowest BCUT2D eigenvalue weighted by molar-refractivity contribution is -0.120. The van der Waals surface area contributed by atoms with Crippen molar-refractivity contribution >= 4 is 29.1 Å². The molecule has 7 heteroatoms. The first-order valence-electron chi connectivity index (χ1n) is 6.76. The Bertz CT molecular complexity index is 458. The van der Waals surface area contributed by atoms with E-state index in [9.17, 15) is 9.90 Å². The Balaban J connectivity index is 2.20. The molecule has 1 aromatic rings. The van der Waals surface area contributed by atoms with Crippen molar-refractivity contribution < 1.29 is 14.6 Å². The van der Waals surface area contributed by atoms with Crippen molar-refractivity contribution in [2.75, 3.05) is 26.2 Å². The summed E-state index contributed by atoms with van der Waals surface area (Å²) in [5.41, 5.74) is 0. The number of rotatable bonds is 9. The van der Waals surface area contributed by atoms with Crippen LogP contribution in [0.4, 0.5) is 0 Å². The van der Waals surface area contributed by atoms with Crippen LogP contribution >= 0.6 is 23.2 Å². The van der Waals surface area contributed by atoms with Crippen LogP contribution in [0.5, 0.6) is 5.75 Å². The van der Waals surface area contributed by atoms with Crippen molar-refractivity contribution in [3.8, 4) is 5.75 Å². The third kappa shape index (κ3) is 7.52. The summed E-state index contributed by atoms with van der Waals surface area (Å²) in [7, 11) is 0. The van der Waals surface area contributed by atoms with Gasteiger partial charge in [-0.3, -0.25) is 4.79 Å². The molecule has 0 saturated heterocycles. The van der Waals surface area contributed by atoms with E-state index < -0.39 is 6.10 Å². The Hall–Kier alpha value is -1.01. The van der Waals surface area contributed by atoms with Gasteiger partial charge >= 0.3 is 0 Å². The molecule has 0 saturated carbocycles. The Kier molecular flexibility index (Phi) is 8.45. The van der Waals surface area contributed by atoms with Gasteiger partial charge in [-0.2, -0.15) is 0 Å². The first-order chi connectivity index (χ1) is 10.0. The van der Waals surface area contributed by atoms with E-state index >= 15 is 0 Å². The Morgan fingerprint density at radius 3 is 2.81 bits per heavy atom. The average molecular weight is 335 g/mol. The minimum absolute atomic E-state index is 0.0885. The fraction of sp³-hybridized carbons (Fsp3) is 0.500. The van der Waals surface area contributed by atoms with Crippen molar-refractivity contribution in [3.05, 3.63) is 28.2 Å². The van der Waals surface area contributed by atoms with Gasteiger partial charge in [0.1, 0.15) is 18.5 Å². The van der Waals surface area contributed by atoms with E-state index in [1.807, 2.05) is 6.92 Å². The van der Waals surface area contributed by atoms with Crippen LogP contribution in [0.15, 0.2) is 18.2 Å². The largest absolute Gasteiger partial charge is 0.491 e. The summed E-state index contributed by atoms with van der Waals surface area (Å²) in [6.07, 6.45) is 0.171. The van der Waals surface area contributed by atoms with E-state index in [2.05, 4.69) is 10.6 Å². The molecular weight excluding hydrogens is 315 g/mol. The maximum atomic E-state index is 11.3. The maximum absolute atomic E-state index is 11.3. The molecule has 0 aliphatic carbocycles. The highest BCUT2D eigenvalue weighted by molar-refractivity contribution is 6.42. The van der Waals surface area contributed by atoms with E-state index in [4.69, 9.17) is 27.9 Å². The quantitative estimate of drug-likeness (QED) is 0.644. The Labute approximate surface area is 134 Å². The first kappa shape index (κ1) is 18.0. The van der Waals surface area contributed by atoms with E-state index in [1.165, 1.54) is 0 Å². The van der Waals surface area contributed by atoms with Crippen LogP contribution < -0.4 is 15.4 Å². The maximum Gasteiger partial charge on any atom is 0.233 e. The molecule has 0 aliphatic heterocycles. The molecule has 0 fully saturated rings. The molecule has 118 valence electrons. The lowest BCUT2D eigenvalue weighted by Gasteiger charge is -2.13. The van der Waals surface area contributed by atoms with Crippen molar-refractivity contribution in [1.82, 2.24) is 10.6 Å². The second-order valence-electron chi connectivity index (χ2n) is 4.52. The highest BCUT2D eigenvalue weighted by Gasteiger charge is 2.07. The van der Waals surface area contributed by atoms with Gasteiger partial charge in [0.25, 0.3) is 0 Å². The number of amides is 1. The second-order valence-corrected chi connectivity index (χ2v) is 5.34. The van der Waals surface area contributed by atoms with E-state index in [0.717, 1.165) is 6.42 Å². The molecule has 1 rings (SSSR count). The summed E-state index contributed by atoms with van der Waals surface area (Å²) in [6.45, 7) is 3.17. The number of nitrogens with one attached hydrogen (secondary N) is 2. The lowest BCUT2D eigenvalue weighted by atomic mass is 10.3. The number of ether oxygens (including phenoxy) is 1. The number of halogens is 2. The predicted molar refractivity (Wildman–Crippen MR) is 84.1 cm³/mol. The van der Waals surface area contributed by atoms with Gasteiger partial charge in [-0.1, -0.05) is 30.1 Å². The average Bonchev–Trinajstić information content (AvgIpc) is 2.46. The van der Waals surface area contributed by atoms with Gasteiger partial charge in [0, 0.05) is 19.2 Å². The topological polar surface area (TPSA) is 70.6 Å².